The molecule has 0 bridgehead atoms. The van der Waals surface area contributed by atoms with Crippen LogP contribution in [0.5, 0.6) is 0 Å². The second-order valence-corrected chi connectivity index (χ2v) is 5.60. The Morgan fingerprint density at radius 1 is 1.27 bits per heavy atom. The summed E-state index contributed by atoms with van der Waals surface area (Å²) in [7, 11) is 2.07. The van der Waals surface area contributed by atoms with Crippen LogP contribution in [0.2, 0.25) is 0 Å². The lowest BCUT2D eigenvalue weighted by Gasteiger charge is -2.35. The first-order chi connectivity index (χ1) is 7.19. The lowest BCUT2D eigenvalue weighted by atomic mass is 9.71. The molecule has 0 aromatic heterocycles. The van der Waals surface area contributed by atoms with Gasteiger partial charge < -0.3 is 5.32 Å². The Morgan fingerprint density at radius 2 is 2.00 bits per heavy atom. The highest BCUT2D eigenvalue weighted by Crippen LogP contribution is 2.37. The summed E-state index contributed by atoms with van der Waals surface area (Å²) in [4.78, 5) is 0. The molecule has 1 aliphatic carbocycles. The van der Waals surface area contributed by atoms with Gasteiger partial charge in [-0.25, -0.2) is 0 Å². The number of hydrogen-bond acceptors (Lipinski definition) is 1. The van der Waals surface area contributed by atoms with Crippen LogP contribution in [-0.4, -0.2) is 13.6 Å². The van der Waals surface area contributed by atoms with Gasteiger partial charge in [-0.1, -0.05) is 46.5 Å². The van der Waals surface area contributed by atoms with Crippen molar-refractivity contribution in [1.82, 2.24) is 5.32 Å². The van der Waals surface area contributed by atoms with E-state index in [4.69, 9.17) is 0 Å². The van der Waals surface area contributed by atoms with Crippen molar-refractivity contribution in [2.24, 2.45) is 23.7 Å². The van der Waals surface area contributed by atoms with Crippen LogP contribution >= 0.6 is 0 Å². The third-order valence-corrected chi connectivity index (χ3v) is 4.57. The lowest BCUT2D eigenvalue weighted by molar-refractivity contribution is 0.161. The molecule has 0 aromatic rings. The van der Waals surface area contributed by atoms with E-state index in [2.05, 4.69) is 33.1 Å². The molecular formula is C14H29N. The Morgan fingerprint density at radius 3 is 2.60 bits per heavy atom. The summed E-state index contributed by atoms with van der Waals surface area (Å²) in [6.45, 7) is 8.39. The van der Waals surface area contributed by atoms with E-state index in [0.29, 0.717) is 0 Å². The van der Waals surface area contributed by atoms with Crippen molar-refractivity contribution in [3.63, 3.8) is 0 Å². The zero-order valence-electron chi connectivity index (χ0n) is 11.1. The maximum atomic E-state index is 3.31. The molecule has 0 aliphatic heterocycles. The first-order valence-corrected chi connectivity index (χ1v) is 6.83. The monoisotopic (exact) mass is 211 g/mol. The minimum atomic E-state index is 0.829. The van der Waals surface area contributed by atoms with Crippen LogP contribution in [0.1, 0.15) is 52.9 Å². The molecule has 1 aliphatic rings. The zero-order chi connectivity index (χ0) is 11.3. The molecule has 0 heterocycles. The second kappa shape index (κ2) is 6.52. The standard InChI is InChI=1S/C14H29N/c1-5-13-7-6-8-14(9-13)12(3)11(2)10-15-4/h11-15H,5-10H2,1-4H3. The van der Waals surface area contributed by atoms with E-state index >= 15 is 0 Å². The molecule has 1 saturated carbocycles. The fraction of sp³-hybridized carbons (Fsp3) is 1.00. The molecule has 0 amide bonds. The van der Waals surface area contributed by atoms with Crippen LogP contribution in [0.4, 0.5) is 0 Å². The number of hydrogen-bond donors (Lipinski definition) is 1. The highest BCUT2D eigenvalue weighted by Gasteiger charge is 2.27. The summed E-state index contributed by atoms with van der Waals surface area (Å²) >= 11 is 0. The third kappa shape index (κ3) is 3.79. The Bertz CT molecular complexity index is 167. The van der Waals surface area contributed by atoms with Crippen LogP contribution in [0.15, 0.2) is 0 Å². The summed E-state index contributed by atoms with van der Waals surface area (Å²) in [6, 6.07) is 0. The van der Waals surface area contributed by atoms with Gasteiger partial charge in [0, 0.05) is 0 Å². The molecule has 1 nitrogen and oxygen atoms in total. The predicted molar refractivity (Wildman–Crippen MR) is 68.0 cm³/mol. The van der Waals surface area contributed by atoms with Gasteiger partial charge in [0.25, 0.3) is 0 Å². The summed E-state index contributed by atoms with van der Waals surface area (Å²) < 4.78 is 0. The first-order valence-electron chi connectivity index (χ1n) is 6.83. The molecule has 90 valence electrons. The SMILES string of the molecule is CCC1CCCC(C(C)C(C)CNC)C1. The van der Waals surface area contributed by atoms with Gasteiger partial charge in [-0.05, 0) is 43.7 Å². The lowest BCUT2D eigenvalue weighted by Crippen LogP contribution is -2.30. The minimum absolute atomic E-state index is 0.829. The van der Waals surface area contributed by atoms with Crippen LogP contribution in [0.25, 0.3) is 0 Å². The number of nitrogens with one attached hydrogen (secondary N) is 1. The van der Waals surface area contributed by atoms with Gasteiger partial charge in [0.1, 0.15) is 0 Å². The molecule has 0 saturated heterocycles. The maximum absolute atomic E-state index is 3.31. The average molecular weight is 211 g/mol. The van der Waals surface area contributed by atoms with Gasteiger partial charge in [0.15, 0.2) is 0 Å². The zero-order valence-corrected chi connectivity index (χ0v) is 11.1. The smallest absolute Gasteiger partial charge is 0.00235 e. The van der Waals surface area contributed by atoms with Crippen molar-refractivity contribution in [2.75, 3.05) is 13.6 Å². The Kier molecular flexibility index (Phi) is 5.66. The second-order valence-electron chi connectivity index (χ2n) is 5.60. The van der Waals surface area contributed by atoms with Crippen LogP contribution < -0.4 is 5.32 Å². The van der Waals surface area contributed by atoms with Crippen LogP contribution in [0, 0.1) is 23.7 Å². The van der Waals surface area contributed by atoms with Crippen molar-refractivity contribution < 1.29 is 0 Å². The molecule has 4 unspecified atom stereocenters. The summed E-state index contributed by atoms with van der Waals surface area (Å²) in [5.74, 6) is 3.74. The van der Waals surface area contributed by atoms with E-state index in [1.54, 1.807) is 0 Å². The topological polar surface area (TPSA) is 12.0 Å². The Labute approximate surface area is 96.0 Å². The van der Waals surface area contributed by atoms with E-state index in [-0.39, 0.29) is 0 Å². The largest absolute Gasteiger partial charge is 0.319 e. The molecule has 15 heavy (non-hydrogen) atoms. The molecule has 4 atom stereocenters. The van der Waals surface area contributed by atoms with Gasteiger partial charge in [-0.15, -0.1) is 0 Å². The van der Waals surface area contributed by atoms with E-state index in [1.165, 1.54) is 38.6 Å². The highest BCUT2D eigenvalue weighted by molar-refractivity contribution is 4.79. The number of rotatable bonds is 5. The summed E-state index contributed by atoms with van der Waals surface area (Å²) in [6.07, 6.45) is 7.32. The van der Waals surface area contributed by atoms with Crippen LogP contribution in [-0.2, 0) is 0 Å². The van der Waals surface area contributed by atoms with Crippen LogP contribution in [0.3, 0.4) is 0 Å². The maximum Gasteiger partial charge on any atom is -0.00235 e. The van der Waals surface area contributed by atoms with Gasteiger partial charge in [-0.3, -0.25) is 0 Å². The van der Waals surface area contributed by atoms with Crippen molar-refractivity contribution in [3.8, 4) is 0 Å². The fourth-order valence-corrected chi connectivity index (χ4v) is 3.15. The van der Waals surface area contributed by atoms with Crippen molar-refractivity contribution in [1.29, 1.82) is 0 Å². The van der Waals surface area contributed by atoms with Gasteiger partial charge >= 0.3 is 0 Å². The van der Waals surface area contributed by atoms with Gasteiger partial charge in [0.2, 0.25) is 0 Å². The normalized spacial score (nSPS) is 31.2. The van der Waals surface area contributed by atoms with Crippen molar-refractivity contribution in [2.45, 2.75) is 52.9 Å². The molecule has 0 aromatic carbocycles. The summed E-state index contributed by atoms with van der Waals surface area (Å²) in [5.41, 5.74) is 0. The molecule has 0 spiro atoms. The van der Waals surface area contributed by atoms with Gasteiger partial charge in [-0.2, -0.15) is 0 Å². The van der Waals surface area contributed by atoms with Gasteiger partial charge in [0.05, 0.1) is 0 Å². The van der Waals surface area contributed by atoms with E-state index in [9.17, 15) is 0 Å². The Balaban J connectivity index is 2.40. The van der Waals surface area contributed by atoms with E-state index < -0.39 is 0 Å². The summed E-state index contributed by atoms with van der Waals surface area (Å²) in [5, 5.41) is 3.31. The van der Waals surface area contributed by atoms with Crippen molar-refractivity contribution >= 4 is 0 Å². The predicted octanol–water partition coefficient (Wildman–Crippen LogP) is 3.69. The minimum Gasteiger partial charge on any atom is -0.319 e. The highest BCUT2D eigenvalue weighted by atomic mass is 14.8. The molecule has 1 fully saturated rings. The Hall–Kier alpha value is -0.0400. The molecule has 1 rings (SSSR count). The molecule has 1 heteroatoms. The average Bonchev–Trinajstić information content (AvgIpc) is 2.28. The third-order valence-electron chi connectivity index (χ3n) is 4.57. The molecular weight excluding hydrogens is 182 g/mol. The van der Waals surface area contributed by atoms with E-state index in [0.717, 1.165) is 23.7 Å². The molecule has 0 radical (unpaired) electrons. The van der Waals surface area contributed by atoms with Crippen molar-refractivity contribution in [3.05, 3.63) is 0 Å². The van der Waals surface area contributed by atoms with E-state index in [1.807, 2.05) is 0 Å². The quantitative estimate of drug-likeness (QED) is 0.731. The molecule has 1 N–H and O–H groups in total. The first kappa shape index (κ1) is 13.0. The fourth-order valence-electron chi connectivity index (χ4n) is 3.15.